The third-order valence-corrected chi connectivity index (χ3v) is 6.47. The second-order valence-electron chi connectivity index (χ2n) is 9.21. The molecule has 1 aromatic carbocycles. The molecule has 0 aliphatic heterocycles. The molecule has 1 heterocycles. The van der Waals surface area contributed by atoms with E-state index < -0.39 is 12.4 Å². The Morgan fingerprint density at radius 1 is 1.34 bits per heavy atom. The average molecular weight is 466 g/mol. The molecule has 0 bridgehead atoms. The van der Waals surface area contributed by atoms with Crippen LogP contribution in [-0.4, -0.2) is 32.7 Å². The van der Waals surface area contributed by atoms with Gasteiger partial charge in [-0.25, -0.2) is 4.39 Å². The zero-order valence-electron chi connectivity index (χ0n) is 18.3. The Balaban J connectivity index is 1.64. The molecule has 32 heavy (non-hydrogen) atoms. The van der Waals surface area contributed by atoms with Crippen molar-refractivity contribution in [3.8, 4) is 17.0 Å². The maximum atomic E-state index is 14.7. The van der Waals surface area contributed by atoms with Gasteiger partial charge in [0.1, 0.15) is 11.6 Å². The van der Waals surface area contributed by atoms with Gasteiger partial charge in [-0.05, 0) is 56.7 Å². The molecule has 1 atom stereocenters. The molecule has 2 aliphatic carbocycles. The minimum absolute atomic E-state index is 0.00258. The summed E-state index contributed by atoms with van der Waals surface area (Å²) < 4.78 is 46.2. The van der Waals surface area contributed by atoms with Crippen LogP contribution in [0.4, 0.5) is 13.2 Å². The van der Waals surface area contributed by atoms with Crippen molar-refractivity contribution in [3.63, 3.8) is 0 Å². The summed E-state index contributed by atoms with van der Waals surface area (Å²) in [7, 11) is 0. The van der Waals surface area contributed by atoms with Crippen LogP contribution >= 0.6 is 12.2 Å². The first kappa shape index (κ1) is 22.8. The van der Waals surface area contributed by atoms with Crippen molar-refractivity contribution in [2.45, 2.75) is 71.1 Å². The SMILES string of the molecule is CC(C)n1nc(-c2cc(OC(F)F)ccc2F)c2c1CC(C(=O)NC1(C)CC(=S)C1)CC2. The lowest BCUT2D eigenvalue weighted by molar-refractivity contribution is -0.127. The van der Waals surface area contributed by atoms with Gasteiger partial charge < -0.3 is 10.1 Å². The van der Waals surface area contributed by atoms with Gasteiger partial charge in [-0.2, -0.15) is 13.9 Å². The van der Waals surface area contributed by atoms with Crippen molar-refractivity contribution >= 4 is 23.0 Å². The van der Waals surface area contributed by atoms with Gasteiger partial charge >= 0.3 is 6.61 Å². The average Bonchev–Trinajstić information content (AvgIpc) is 3.07. The number of ether oxygens (including phenoxy) is 1. The number of thiocarbonyl (C=S) groups is 1. The van der Waals surface area contributed by atoms with Gasteiger partial charge in [-0.3, -0.25) is 9.48 Å². The van der Waals surface area contributed by atoms with Gasteiger partial charge in [0.25, 0.3) is 0 Å². The van der Waals surface area contributed by atoms with E-state index in [1.54, 1.807) is 0 Å². The standard InChI is InChI=1S/C23H26F3N3O2S/c1-12(2)29-19-8-13(21(30)27-23(3)10-15(32)11-23)4-6-16(19)20(28-29)17-9-14(31-22(25)26)5-7-18(17)24/h5,7,9,12-13,22H,4,6,8,10-11H2,1-3H3,(H,27,30). The smallest absolute Gasteiger partial charge is 0.387 e. The summed E-state index contributed by atoms with van der Waals surface area (Å²) in [5.41, 5.74) is 2.01. The van der Waals surface area contributed by atoms with E-state index in [9.17, 15) is 18.0 Å². The molecule has 2 aromatic rings. The Kier molecular flexibility index (Phi) is 6.04. The van der Waals surface area contributed by atoms with Crippen LogP contribution in [-0.2, 0) is 17.6 Å². The first-order chi connectivity index (χ1) is 15.1. The third kappa shape index (κ3) is 4.40. The van der Waals surface area contributed by atoms with Crippen LogP contribution in [0.3, 0.4) is 0 Å². The first-order valence-corrected chi connectivity index (χ1v) is 11.2. The van der Waals surface area contributed by atoms with E-state index in [2.05, 4.69) is 15.2 Å². The van der Waals surface area contributed by atoms with E-state index in [4.69, 9.17) is 12.2 Å². The van der Waals surface area contributed by atoms with Gasteiger partial charge in [-0.1, -0.05) is 12.2 Å². The molecule has 0 saturated heterocycles. The van der Waals surface area contributed by atoms with Crippen LogP contribution in [0.25, 0.3) is 11.3 Å². The summed E-state index contributed by atoms with van der Waals surface area (Å²) >= 11 is 5.19. The minimum Gasteiger partial charge on any atom is -0.435 e. The van der Waals surface area contributed by atoms with Crippen LogP contribution in [0, 0.1) is 11.7 Å². The van der Waals surface area contributed by atoms with Crippen LogP contribution < -0.4 is 10.1 Å². The maximum Gasteiger partial charge on any atom is 0.387 e. The summed E-state index contributed by atoms with van der Waals surface area (Å²) in [5, 5.41) is 7.78. The van der Waals surface area contributed by atoms with E-state index in [0.29, 0.717) is 25.0 Å². The Morgan fingerprint density at radius 2 is 2.06 bits per heavy atom. The van der Waals surface area contributed by atoms with E-state index in [-0.39, 0.29) is 34.7 Å². The number of nitrogens with zero attached hydrogens (tertiary/aromatic N) is 2. The zero-order chi connectivity index (χ0) is 23.2. The molecule has 9 heteroatoms. The maximum absolute atomic E-state index is 14.7. The molecule has 1 saturated carbocycles. The van der Waals surface area contributed by atoms with Crippen molar-refractivity contribution in [2.75, 3.05) is 0 Å². The van der Waals surface area contributed by atoms with Crippen LogP contribution in [0.15, 0.2) is 18.2 Å². The number of halogens is 3. The van der Waals surface area contributed by atoms with Gasteiger partial charge in [0.2, 0.25) is 5.91 Å². The normalized spacial score (nSPS) is 19.6. The van der Waals surface area contributed by atoms with Crippen molar-refractivity contribution in [3.05, 3.63) is 35.3 Å². The van der Waals surface area contributed by atoms with Gasteiger partial charge in [0.15, 0.2) is 0 Å². The summed E-state index contributed by atoms with van der Waals surface area (Å²) in [5.74, 6) is -0.897. The van der Waals surface area contributed by atoms with Crippen molar-refractivity contribution in [1.29, 1.82) is 0 Å². The summed E-state index contributed by atoms with van der Waals surface area (Å²) in [6.45, 7) is 2.93. The van der Waals surface area contributed by atoms with Crippen molar-refractivity contribution < 1.29 is 22.7 Å². The first-order valence-electron chi connectivity index (χ1n) is 10.7. The highest BCUT2D eigenvalue weighted by atomic mass is 32.1. The van der Waals surface area contributed by atoms with Crippen molar-refractivity contribution in [1.82, 2.24) is 15.1 Å². The molecule has 1 amide bonds. The van der Waals surface area contributed by atoms with Crippen molar-refractivity contribution in [2.24, 2.45) is 5.92 Å². The molecule has 1 N–H and O–H groups in total. The minimum atomic E-state index is -3.00. The Hall–Kier alpha value is -2.42. The number of amides is 1. The molecule has 1 unspecified atom stereocenters. The predicted molar refractivity (Wildman–Crippen MR) is 119 cm³/mol. The molecule has 2 aliphatic rings. The molecule has 172 valence electrons. The molecular formula is C23H26F3N3O2S. The number of nitrogens with one attached hydrogen (secondary N) is 1. The van der Waals surface area contributed by atoms with E-state index in [1.165, 1.54) is 12.1 Å². The lowest BCUT2D eigenvalue weighted by Gasteiger charge is -2.41. The summed E-state index contributed by atoms with van der Waals surface area (Å²) in [4.78, 5) is 13.9. The molecular weight excluding hydrogens is 439 g/mol. The van der Waals surface area contributed by atoms with Crippen LogP contribution in [0.1, 0.15) is 57.3 Å². The summed E-state index contributed by atoms with van der Waals surface area (Å²) in [6.07, 6.45) is 3.07. The molecule has 0 radical (unpaired) electrons. The van der Waals surface area contributed by atoms with Crippen LogP contribution in [0.2, 0.25) is 0 Å². The van der Waals surface area contributed by atoms with Crippen LogP contribution in [0.5, 0.6) is 5.75 Å². The quantitative estimate of drug-likeness (QED) is 0.609. The number of hydrogen-bond acceptors (Lipinski definition) is 4. The summed E-state index contributed by atoms with van der Waals surface area (Å²) in [6, 6.07) is 3.53. The number of carbonyl (C=O) groups is 1. The zero-order valence-corrected chi connectivity index (χ0v) is 19.1. The van der Waals surface area contributed by atoms with E-state index in [0.717, 1.165) is 35.0 Å². The number of rotatable bonds is 6. The topological polar surface area (TPSA) is 56.2 Å². The van der Waals surface area contributed by atoms with Gasteiger partial charge in [-0.15, -0.1) is 0 Å². The van der Waals surface area contributed by atoms with Gasteiger partial charge in [0, 0.05) is 53.6 Å². The number of carbonyl (C=O) groups excluding carboxylic acids is 1. The fourth-order valence-electron chi connectivity index (χ4n) is 4.67. The fraction of sp³-hybridized carbons (Fsp3) is 0.522. The molecule has 5 nitrogen and oxygen atoms in total. The third-order valence-electron chi connectivity index (χ3n) is 6.18. The molecule has 4 rings (SSSR count). The number of aromatic nitrogens is 2. The van der Waals surface area contributed by atoms with Gasteiger partial charge in [0.05, 0.1) is 5.69 Å². The highest BCUT2D eigenvalue weighted by molar-refractivity contribution is 7.80. The Labute approximate surface area is 190 Å². The lowest BCUT2D eigenvalue weighted by atomic mass is 9.77. The van der Waals surface area contributed by atoms with E-state index in [1.807, 2.05) is 25.5 Å². The second-order valence-corrected chi connectivity index (χ2v) is 9.79. The molecule has 1 fully saturated rings. The number of alkyl halides is 2. The van der Waals surface area contributed by atoms with E-state index >= 15 is 0 Å². The lowest BCUT2D eigenvalue weighted by Crippen LogP contribution is -2.56. The number of hydrogen-bond donors (Lipinski definition) is 1. The highest BCUT2D eigenvalue weighted by Crippen LogP contribution is 2.38. The molecule has 1 aromatic heterocycles. The Bertz CT molecular complexity index is 1060. The predicted octanol–water partition coefficient (Wildman–Crippen LogP) is 5.02. The largest absolute Gasteiger partial charge is 0.435 e. The highest BCUT2D eigenvalue weighted by Gasteiger charge is 2.40. The fourth-order valence-corrected chi connectivity index (χ4v) is 5.31. The molecule has 0 spiro atoms. The monoisotopic (exact) mass is 465 g/mol. The second kappa shape index (κ2) is 8.50. The number of benzene rings is 1. The number of fused-ring (bicyclic) bond motifs is 1. The Morgan fingerprint density at radius 3 is 2.69 bits per heavy atom.